The second-order valence-corrected chi connectivity index (χ2v) is 11.3. The number of amides is 2. The van der Waals surface area contributed by atoms with Crippen molar-refractivity contribution in [1.82, 2.24) is 10.2 Å². The van der Waals surface area contributed by atoms with Gasteiger partial charge in [-0.1, -0.05) is 62.2 Å². The summed E-state index contributed by atoms with van der Waals surface area (Å²) in [7, 11) is -4.15. The number of rotatable bonds is 13. The summed E-state index contributed by atoms with van der Waals surface area (Å²) in [4.78, 5) is 28.4. The molecule has 0 aliphatic carbocycles. The topological polar surface area (TPSA) is 86.8 Å². The molecule has 0 aliphatic rings. The highest BCUT2D eigenvalue weighted by atomic mass is 35.5. The second-order valence-electron chi connectivity index (χ2n) is 9.02. The van der Waals surface area contributed by atoms with Crippen molar-refractivity contribution in [1.29, 1.82) is 0 Å². The summed E-state index contributed by atoms with van der Waals surface area (Å²) in [6, 6.07) is 18.7. The summed E-state index contributed by atoms with van der Waals surface area (Å²) >= 11 is 6.04. The van der Waals surface area contributed by atoms with Gasteiger partial charge in [0.1, 0.15) is 18.4 Å². The van der Waals surface area contributed by atoms with Crippen LogP contribution in [0.2, 0.25) is 5.02 Å². The molecule has 0 spiro atoms. The number of unbranched alkanes of at least 4 members (excludes halogenated alkanes) is 1. The van der Waals surface area contributed by atoms with Gasteiger partial charge in [0.15, 0.2) is 0 Å². The van der Waals surface area contributed by atoms with Crippen molar-refractivity contribution in [3.63, 3.8) is 0 Å². The molecular formula is C29H33ClFN3O4S. The first kappa shape index (κ1) is 30.1. The number of anilines is 1. The lowest BCUT2D eigenvalue weighted by Crippen LogP contribution is -2.52. The first-order valence-corrected chi connectivity index (χ1v) is 14.6. The highest BCUT2D eigenvalue weighted by Gasteiger charge is 2.33. The fourth-order valence-corrected chi connectivity index (χ4v) is 5.63. The molecule has 2 amide bonds. The maximum Gasteiger partial charge on any atom is 0.264 e. The van der Waals surface area contributed by atoms with Gasteiger partial charge in [0.2, 0.25) is 11.8 Å². The number of hydrogen-bond donors (Lipinski definition) is 1. The average Bonchev–Trinajstić information content (AvgIpc) is 2.93. The summed E-state index contributed by atoms with van der Waals surface area (Å²) in [5, 5.41) is 3.28. The zero-order valence-corrected chi connectivity index (χ0v) is 23.6. The highest BCUT2D eigenvalue weighted by molar-refractivity contribution is 7.92. The van der Waals surface area contributed by atoms with Crippen molar-refractivity contribution in [3.05, 3.63) is 95.3 Å². The van der Waals surface area contributed by atoms with Gasteiger partial charge in [0.25, 0.3) is 10.0 Å². The summed E-state index contributed by atoms with van der Waals surface area (Å²) in [5.41, 5.74) is 0.854. The van der Waals surface area contributed by atoms with Crippen LogP contribution in [0.4, 0.5) is 10.1 Å². The lowest BCUT2D eigenvalue weighted by Gasteiger charge is -2.33. The van der Waals surface area contributed by atoms with E-state index in [2.05, 4.69) is 5.32 Å². The van der Waals surface area contributed by atoms with Crippen LogP contribution in [0.5, 0.6) is 0 Å². The molecular weight excluding hydrogens is 541 g/mol. The molecule has 0 fully saturated rings. The van der Waals surface area contributed by atoms with Crippen LogP contribution < -0.4 is 9.62 Å². The lowest BCUT2D eigenvalue weighted by atomic mass is 10.1. The van der Waals surface area contributed by atoms with Crippen molar-refractivity contribution in [3.8, 4) is 0 Å². The number of sulfonamides is 1. The molecule has 3 aromatic carbocycles. The number of carbonyl (C=O) groups is 2. The number of nitrogens with one attached hydrogen (secondary N) is 1. The van der Waals surface area contributed by atoms with Crippen LogP contribution in [0.25, 0.3) is 0 Å². The molecule has 0 saturated carbocycles. The molecule has 0 radical (unpaired) electrons. The first-order chi connectivity index (χ1) is 18.7. The predicted octanol–water partition coefficient (Wildman–Crippen LogP) is 5.40. The van der Waals surface area contributed by atoms with E-state index in [1.807, 2.05) is 6.92 Å². The van der Waals surface area contributed by atoms with E-state index in [-0.39, 0.29) is 23.0 Å². The van der Waals surface area contributed by atoms with Crippen LogP contribution >= 0.6 is 11.6 Å². The van der Waals surface area contributed by atoms with Crippen LogP contribution in [0.1, 0.15) is 38.7 Å². The third-order valence-corrected chi connectivity index (χ3v) is 8.25. The van der Waals surface area contributed by atoms with Crippen molar-refractivity contribution in [2.24, 2.45) is 0 Å². The lowest BCUT2D eigenvalue weighted by molar-refractivity contribution is -0.140. The second kappa shape index (κ2) is 14.1. The molecule has 0 saturated heterocycles. The molecule has 7 nitrogen and oxygen atoms in total. The Labute approximate surface area is 234 Å². The monoisotopic (exact) mass is 573 g/mol. The van der Waals surface area contributed by atoms with Gasteiger partial charge in [-0.2, -0.15) is 0 Å². The number of hydrogen-bond acceptors (Lipinski definition) is 4. The van der Waals surface area contributed by atoms with Gasteiger partial charge in [-0.15, -0.1) is 0 Å². The van der Waals surface area contributed by atoms with Gasteiger partial charge in [0, 0.05) is 18.1 Å². The van der Waals surface area contributed by atoms with E-state index >= 15 is 0 Å². The van der Waals surface area contributed by atoms with Crippen molar-refractivity contribution < 1.29 is 22.4 Å². The van der Waals surface area contributed by atoms with E-state index in [0.717, 1.165) is 17.1 Å². The maximum atomic E-state index is 13.9. The largest absolute Gasteiger partial charge is 0.354 e. The Morgan fingerprint density at radius 1 is 0.949 bits per heavy atom. The smallest absolute Gasteiger partial charge is 0.264 e. The minimum atomic E-state index is -4.15. The number of halogens is 2. The summed E-state index contributed by atoms with van der Waals surface area (Å²) in [6.07, 6.45) is 1.98. The third-order valence-electron chi connectivity index (χ3n) is 6.21. The maximum absolute atomic E-state index is 13.9. The van der Waals surface area contributed by atoms with Crippen molar-refractivity contribution in [2.45, 2.75) is 50.6 Å². The molecule has 208 valence electrons. The molecule has 1 N–H and O–H groups in total. The van der Waals surface area contributed by atoms with Gasteiger partial charge < -0.3 is 10.2 Å². The molecule has 0 aromatic heterocycles. The number of carbonyl (C=O) groups excluding carboxylic acids is 2. The Kier molecular flexibility index (Phi) is 10.9. The van der Waals surface area contributed by atoms with Gasteiger partial charge in [-0.25, -0.2) is 12.8 Å². The van der Waals surface area contributed by atoms with Crippen LogP contribution in [-0.2, 0) is 26.2 Å². The molecule has 0 bridgehead atoms. The van der Waals surface area contributed by atoms with E-state index in [9.17, 15) is 22.4 Å². The predicted molar refractivity (Wildman–Crippen MR) is 151 cm³/mol. The Balaban J connectivity index is 2.01. The van der Waals surface area contributed by atoms with Gasteiger partial charge >= 0.3 is 0 Å². The van der Waals surface area contributed by atoms with Crippen LogP contribution in [0.3, 0.4) is 0 Å². The number of nitrogens with zero attached hydrogens (tertiary/aromatic N) is 2. The fraction of sp³-hybridized carbons (Fsp3) is 0.310. The SMILES string of the molecule is CCCCNC(=O)[C@H](CC)N(Cc1ccc(F)cc1)C(=O)CN(c1ccc(Cl)cc1)S(=O)(=O)c1ccccc1. The minimum absolute atomic E-state index is 0.00133. The Hall–Kier alpha value is -3.43. The quantitative estimate of drug-likeness (QED) is 0.277. The van der Waals surface area contributed by atoms with Crippen LogP contribution in [-0.4, -0.2) is 44.3 Å². The van der Waals surface area contributed by atoms with E-state index in [1.165, 1.54) is 53.4 Å². The molecule has 3 aromatic rings. The molecule has 1 atom stereocenters. The molecule has 3 rings (SSSR count). The molecule has 10 heteroatoms. The zero-order valence-electron chi connectivity index (χ0n) is 22.0. The normalized spacial score (nSPS) is 12.0. The molecule has 0 aliphatic heterocycles. The highest BCUT2D eigenvalue weighted by Crippen LogP contribution is 2.26. The van der Waals surface area contributed by atoms with Crippen LogP contribution in [0.15, 0.2) is 83.8 Å². The summed E-state index contributed by atoms with van der Waals surface area (Å²) in [5.74, 6) is -1.33. The molecule has 39 heavy (non-hydrogen) atoms. The third kappa shape index (κ3) is 8.03. The average molecular weight is 574 g/mol. The Morgan fingerprint density at radius 3 is 2.18 bits per heavy atom. The summed E-state index contributed by atoms with van der Waals surface area (Å²) in [6.45, 7) is 3.69. The van der Waals surface area contributed by atoms with E-state index < -0.39 is 34.3 Å². The molecule has 0 heterocycles. The fourth-order valence-electron chi connectivity index (χ4n) is 4.07. The first-order valence-electron chi connectivity index (χ1n) is 12.8. The van der Waals surface area contributed by atoms with Gasteiger partial charge in [-0.3, -0.25) is 13.9 Å². The van der Waals surface area contributed by atoms with E-state index in [1.54, 1.807) is 37.3 Å². The minimum Gasteiger partial charge on any atom is -0.354 e. The van der Waals surface area contributed by atoms with E-state index in [0.29, 0.717) is 23.6 Å². The van der Waals surface area contributed by atoms with Gasteiger partial charge in [-0.05, 0) is 66.9 Å². The molecule has 0 unspecified atom stereocenters. The Bertz CT molecular complexity index is 1340. The Morgan fingerprint density at radius 2 is 1.59 bits per heavy atom. The zero-order chi connectivity index (χ0) is 28.4. The number of benzene rings is 3. The van der Waals surface area contributed by atoms with Crippen LogP contribution in [0, 0.1) is 5.82 Å². The van der Waals surface area contributed by atoms with Crippen molar-refractivity contribution >= 4 is 39.1 Å². The standard InChI is InChI=1S/C29H33ClFN3O4S/c1-3-5-19-32-29(36)27(4-2)33(20-22-11-15-24(31)16-12-22)28(35)21-34(25-17-13-23(30)14-18-25)39(37,38)26-9-7-6-8-10-26/h6-18,27H,3-5,19-21H2,1-2H3,(H,32,36)/t27-/m0/s1. The van der Waals surface area contributed by atoms with Crippen molar-refractivity contribution in [2.75, 3.05) is 17.4 Å². The van der Waals surface area contributed by atoms with E-state index in [4.69, 9.17) is 11.6 Å². The summed E-state index contributed by atoms with van der Waals surface area (Å²) < 4.78 is 42.0. The van der Waals surface area contributed by atoms with Gasteiger partial charge in [0.05, 0.1) is 10.6 Å².